The molecule has 20 heavy (non-hydrogen) atoms. The fourth-order valence-electron chi connectivity index (χ4n) is 2.14. The van der Waals surface area contributed by atoms with E-state index in [0.29, 0.717) is 23.0 Å². The molecular weight excluding hydrogens is 274 g/mol. The molecule has 102 valence electrons. The minimum atomic E-state index is -0.300. The van der Waals surface area contributed by atoms with Crippen molar-refractivity contribution in [1.82, 2.24) is 10.2 Å². The Labute approximate surface area is 118 Å². The minimum absolute atomic E-state index is 0.296. The summed E-state index contributed by atoms with van der Waals surface area (Å²) in [5.41, 5.74) is 1.29. The van der Waals surface area contributed by atoms with E-state index in [2.05, 4.69) is 21.6 Å². The highest BCUT2D eigenvalue weighted by Crippen LogP contribution is 2.20. The molecule has 5 nitrogen and oxygen atoms in total. The van der Waals surface area contributed by atoms with Gasteiger partial charge in [-0.25, -0.2) is 0 Å². The SMILES string of the molecule is Cc1ccsc1CNc1cccc2c(=O)[nH][nH]c(=O)c12. The van der Waals surface area contributed by atoms with Crippen LogP contribution in [0.15, 0.2) is 39.2 Å². The zero-order chi connectivity index (χ0) is 14.1. The normalized spacial score (nSPS) is 10.8. The number of hydrogen-bond acceptors (Lipinski definition) is 4. The molecule has 0 amide bonds. The Morgan fingerprint density at radius 2 is 1.95 bits per heavy atom. The van der Waals surface area contributed by atoms with Crippen LogP contribution in [0.25, 0.3) is 10.8 Å². The van der Waals surface area contributed by atoms with Crippen molar-refractivity contribution in [1.29, 1.82) is 0 Å². The quantitative estimate of drug-likeness (QED) is 0.691. The van der Waals surface area contributed by atoms with Crippen LogP contribution in [0, 0.1) is 6.92 Å². The molecule has 1 aromatic carbocycles. The monoisotopic (exact) mass is 287 g/mol. The minimum Gasteiger partial charge on any atom is -0.379 e. The van der Waals surface area contributed by atoms with Crippen LogP contribution < -0.4 is 16.4 Å². The Morgan fingerprint density at radius 3 is 2.70 bits per heavy atom. The second-order valence-corrected chi connectivity index (χ2v) is 5.52. The Hall–Kier alpha value is -2.34. The van der Waals surface area contributed by atoms with Crippen LogP contribution in [0.4, 0.5) is 5.69 Å². The van der Waals surface area contributed by atoms with Gasteiger partial charge in [0.2, 0.25) is 0 Å². The van der Waals surface area contributed by atoms with Crippen LogP contribution in [0.3, 0.4) is 0 Å². The Morgan fingerprint density at radius 1 is 1.15 bits per heavy atom. The summed E-state index contributed by atoms with van der Waals surface area (Å²) in [5.74, 6) is 0. The number of benzene rings is 1. The molecule has 0 aliphatic carbocycles. The van der Waals surface area contributed by atoms with E-state index in [4.69, 9.17) is 0 Å². The van der Waals surface area contributed by atoms with Gasteiger partial charge in [-0.3, -0.25) is 19.8 Å². The summed E-state index contributed by atoms with van der Waals surface area (Å²) in [6.07, 6.45) is 0. The van der Waals surface area contributed by atoms with Gasteiger partial charge in [-0.05, 0) is 36.1 Å². The average Bonchev–Trinajstić information content (AvgIpc) is 2.86. The van der Waals surface area contributed by atoms with Crippen molar-refractivity contribution in [2.75, 3.05) is 5.32 Å². The second kappa shape index (κ2) is 4.97. The van der Waals surface area contributed by atoms with E-state index in [9.17, 15) is 9.59 Å². The lowest BCUT2D eigenvalue weighted by molar-refractivity contribution is 0.976. The predicted octanol–water partition coefficient (Wildman–Crippen LogP) is 2.20. The number of aromatic nitrogens is 2. The predicted molar refractivity (Wildman–Crippen MR) is 81.6 cm³/mol. The first kappa shape index (κ1) is 12.7. The maximum Gasteiger partial charge on any atom is 0.272 e. The van der Waals surface area contributed by atoms with E-state index in [1.54, 1.807) is 29.5 Å². The van der Waals surface area contributed by atoms with Crippen molar-refractivity contribution in [2.45, 2.75) is 13.5 Å². The van der Waals surface area contributed by atoms with Crippen molar-refractivity contribution < 1.29 is 0 Å². The van der Waals surface area contributed by atoms with Crippen molar-refractivity contribution in [3.05, 3.63) is 60.8 Å². The number of anilines is 1. The molecule has 0 aliphatic rings. The van der Waals surface area contributed by atoms with Gasteiger partial charge in [0.25, 0.3) is 11.1 Å². The largest absolute Gasteiger partial charge is 0.379 e. The van der Waals surface area contributed by atoms with Gasteiger partial charge in [0.15, 0.2) is 0 Å². The third kappa shape index (κ3) is 2.14. The molecule has 0 atom stereocenters. The molecule has 6 heteroatoms. The molecule has 2 heterocycles. The molecule has 0 radical (unpaired) electrons. The zero-order valence-corrected chi connectivity index (χ0v) is 11.6. The average molecular weight is 287 g/mol. The second-order valence-electron chi connectivity index (χ2n) is 4.52. The van der Waals surface area contributed by atoms with E-state index in [1.165, 1.54) is 10.4 Å². The zero-order valence-electron chi connectivity index (χ0n) is 10.8. The smallest absolute Gasteiger partial charge is 0.272 e. The van der Waals surface area contributed by atoms with Crippen molar-refractivity contribution in [2.24, 2.45) is 0 Å². The van der Waals surface area contributed by atoms with E-state index in [1.807, 2.05) is 12.3 Å². The molecule has 0 saturated carbocycles. The first-order valence-corrected chi connectivity index (χ1v) is 7.05. The van der Waals surface area contributed by atoms with Crippen LogP contribution in [0.1, 0.15) is 10.4 Å². The molecule has 3 N–H and O–H groups in total. The van der Waals surface area contributed by atoms with Crippen molar-refractivity contribution in [3.8, 4) is 0 Å². The summed E-state index contributed by atoms with van der Waals surface area (Å²) in [6.45, 7) is 2.68. The number of aromatic amines is 2. The first-order valence-electron chi connectivity index (χ1n) is 6.17. The molecule has 0 fully saturated rings. The number of H-pyrrole nitrogens is 2. The summed E-state index contributed by atoms with van der Waals surface area (Å²) in [4.78, 5) is 24.8. The van der Waals surface area contributed by atoms with Gasteiger partial charge in [-0.1, -0.05) is 6.07 Å². The topological polar surface area (TPSA) is 77.8 Å². The molecule has 3 aromatic rings. The highest BCUT2D eigenvalue weighted by Gasteiger charge is 2.08. The van der Waals surface area contributed by atoms with E-state index in [-0.39, 0.29) is 11.1 Å². The molecule has 0 spiro atoms. The molecule has 2 aromatic heterocycles. The van der Waals surface area contributed by atoms with Gasteiger partial charge in [0.1, 0.15) is 0 Å². The highest BCUT2D eigenvalue weighted by molar-refractivity contribution is 7.10. The fourth-order valence-corrected chi connectivity index (χ4v) is 2.98. The lowest BCUT2D eigenvalue weighted by Gasteiger charge is -2.08. The van der Waals surface area contributed by atoms with Gasteiger partial charge >= 0.3 is 0 Å². The number of nitrogens with one attached hydrogen (secondary N) is 3. The van der Waals surface area contributed by atoms with Crippen LogP contribution in [0.2, 0.25) is 0 Å². The number of fused-ring (bicyclic) bond motifs is 1. The van der Waals surface area contributed by atoms with E-state index >= 15 is 0 Å². The molecule has 3 rings (SSSR count). The third-order valence-electron chi connectivity index (χ3n) is 3.23. The lowest BCUT2D eigenvalue weighted by atomic mass is 10.1. The Balaban J connectivity index is 2.04. The highest BCUT2D eigenvalue weighted by atomic mass is 32.1. The third-order valence-corrected chi connectivity index (χ3v) is 4.26. The number of aryl methyl sites for hydroxylation is 1. The van der Waals surface area contributed by atoms with Gasteiger partial charge in [0.05, 0.1) is 10.8 Å². The first-order chi connectivity index (χ1) is 9.66. The Kier molecular flexibility index (Phi) is 3.15. The van der Waals surface area contributed by atoms with Gasteiger partial charge in [-0.2, -0.15) is 0 Å². The van der Waals surface area contributed by atoms with Crippen molar-refractivity contribution >= 4 is 27.8 Å². The van der Waals surface area contributed by atoms with Gasteiger partial charge in [-0.15, -0.1) is 11.3 Å². The van der Waals surface area contributed by atoms with Crippen molar-refractivity contribution in [3.63, 3.8) is 0 Å². The van der Waals surface area contributed by atoms with E-state index in [0.717, 1.165) is 0 Å². The molecule has 0 unspecified atom stereocenters. The number of thiophene rings is 1. The maximum atomic E-state index is 11.9. The lowest BCUT2D eigenvalue weighted by Crippen LogP contribution is -2.20. The summed E-state index contributed by atoms with van der Waals surface area (Å²) in [6, 6.07) is 7.27. The van der Waals surface area contributed by atoms with E-state index < -0.39 is 0 Å². The molecular formula is C14H13N3O2S. The fraction of sp³-hybridized carbons (Fsp3) is 0.143. The summed E-state index contributed by atoms with van der Waals surface area (Å²) >= 11 is 1.67. The standard InChI is InChI=1S/C14H13N3O2S/c1-8-5-6-20-11(8)7-15-10-4-2-3-9-12(10)14(19)17-16-13(9)18/h2-6,15H,7H2,1H3,(H,16,18)(H,17,19). The molecule has 0 saturated heterocycles. The summed E-state index contributed by atoms with van der Waals surface area (Å²) in [5, 5.41) is 10.7. The van der Waals surface area contributed by atoms with Crippen LogP contribution in [0.5, 0.6) is 0 Å². The number of hydrogen-bond donors (Lipinski definition) is 3. The molecule has 0 aliphatic heterocycles. The summed E-state index contributed by atoms with van der Waals surface area (Å²) < 4.78 is 0. The Bertz CT molecular complexity index is 876. The number of rotatable bonds is 3. The van der Waals surface area contributed by atoms with Crippen LogP contribution in [-0.2, 0) is 6.54 Å². The van der Waals surface area contributed by atoms with Crippen LogP contribution in [-0.4, -0.2) is 10.2 Å². The van der Waals surface area contributed by atoms with Crippen LogP contribution >= 0.6 is 11.3 Å². The van der Waals surface area contributed by atoms with Gasteiger partial charge < -0.3 is 5.32 Å². The summed E-state index contributed by atoms with van der Waals surface area (Å²) in [7, 11) is 0. The van der Waals surface area contributed by atoms with Gasteiger partial charge in [0, 0.05) is 17.1 Å². The molecule has 0 bridgehead atoms. The maximum absolute atomic E-state index is 11.9.